The molecule has 0 unspecified atom stereocenters. The Labute approximate surface area is 165 Å². The molecule has 0 spiro atoms. The largest absolute Gasteiger partial charge is 0.378 e. The topological polar surface area (TPSA) is 52.7 Å². The number of nitrogens with zero attached hydrogens (tertiary/aromatic N) is 2. The maximum Gasteiger partial charge on any atom is 0.223 e. The molecule has 27 heavy (non-hydrogen) atoms. The minimum atomic E-state index is -0.0819. The average molecular weight is 388 g/mol. The minimum Gasteiger partial charge on any atom is -0.378 e. The first-order valence-electron chi connectivity index (χ1n) is 8.93. The first-order chi connectivity index (χ1) is 12.9. The lowest BCUT2D eigenvalue weighted by Gasteiger charge is -2.22. The second-order valence-corrected chi connectivity index (χ2v) is 6.99. The number of anilines is 2. The van der Waals surface area contributed by atoms with Crippen molar-refractivity contribution < 1.29 is 9.59 Å². The lowest BCUT2D eigenvalue weighted by molar-refractivity contribution is -0.121. The van der Waals surface area contributed by atoms with Crippen LogP contribution in [0.2, 0.25) is 5.02 Å². The van der Waals surface area contributed by atoms with Gasteiger partial charge in [0.1, 0.15) is 0 Å². The van der Waals surface area contributed by atoms with Crippen LogP contribution in [0.3, 0.4) is 0 Å². The van der Waals surface area contributed by atoms with Crippen molar-refractivity contribution in [3.05, 3.63) is 59.1 Å². The normalized spacial score (nSPS) is 10.4. The molecule has 6 heteroatoms. The predicted octanol–water partition coefficient (Wildman–Crippen LogP) is 3.51. The highest BCUT2D eigenvalue weighted by Gasteiger charge is 2.13. The molecule has 0 aliphatic carbocycles. The van der Waals surface area contributed by atoms with Gasteiger partial charge in [-0.25, -0.2) is 0 Å². The van der Waals surface area contributed by atoms with E-state index < -0.39 is 0 Å². The van der Waals surface area contributed by atoms with E-state index in [1.165, 1.54) is 6.92 Å². The van der Waals surface area contributed by atoms with Gasteiger partial charge in [-0.15, -0.1) is 0 Å². The number of carbonyl (C=O) groups excluding carboxylic acids is 2. The fourth-order valence-electron chi connectivity index (χ4n) is 2.70. The van der Waals surface area contributed by atoms with Gasteiger partial charge < -0.3 is 15.1 Å². The third kappa shape index (κ3) is 6.61. The highest BCUT2D eigenvalue weighted by atomic mass is 35.5. The summed E-state index contributed by atoms with van der Waals surface area (Å²) in [7, 11) is 3.93. The van der Waals surface area contributed by atoms with Crippen LogP contribution in [0, 0.1) is 0 Å². The van der Waals surface area contributed by atoms with Crippen LogP contribution in [0.25, 0.3) is 0 Å². The Morgan fingerprint density at radius 3 is 2.11 bits per heavy atom. The van der Waals surface area contributed by atoms with E-state index in [1.807, 2.05) is 67.5 Å². The molecule has 0 atom stereocenters. The third-order valence-corrected chi connectivity index (χ3v) is 4.52. The second-order valence-electron chi connectivity index (χ2n) is 6.56. The Bertz CT molecular complexity index is 758. The highest BCUT2D eigenvalue weighted by molar-refractivity contribution is 6.30. The Kier molecular flexibility index (Phi) is 7.67. The number of carbonyl (C=O) groups is 2. The van der Waals surface area contributed by atoms with Gasteiger partial charge in [-0.3, -0.25) is 9.59 Å². The quantitative estimate of drug-likeness (QED) is 0.754. The van der Waals surface area contributed by atoms with Crippen molar-refractivity contribution in [3.63, 3.8) is 0 Å². The summed E-state index contributed by atoms with van der Waals surface area (Å²) in [5.41, 5.74) is 2.97. The monoisotopic (exact) mass is 387 g/mol. The van der Waals surface area contributed by atoms with Crippen LogP contribution in [0.1, 0.15) is 18.9 Å². The summed E-state index contributed by atoms with van der Waals surface area (Å²) < 4.78 is 0. The summed E-state index contributed by atoms with van der Waals surface area (Å²) in [4.78, 5) is 27.7. The van der Waals surface area contributed by atoms with Crippen LogP contribution in [-0.4, -0.2) is 39.0 Å². The number of hydrogen-bond acceptors (Lipinski definition) is 3. The van der Waals surface area contributed by atoms with Gasteiger partial charge in [0.05, 0.1) is 0 Å². The van der Waals surface area contributed by atoms with Crippen molar-refractivity contribution in [2.45, 2.75) is 19.8 Å². The van der Waals surface area contributed by atoms with E-state index >= 15 is 0 Å². The van der Waals surface area contributed by atoms with E-state index in [9.17, 15) is 9.59 Å². The summed E-state index contributed by atoms with van der Waals surface area (Å²) in [6.45, 7) is 2.42. The summed E-state index contributed by atoms with van der Waals surface area (Å²) in [5, 5.41) is 3.60. The molecule has 2 aromatic rings. The number of amides is 2. The summed E-state index contributed by atoms with van der Waals surface area (Å²) in [5.74, 6) is -0.151. The number of nitrogens with one attached hydrogen (secondary N) is 1. The van der Waals surface area contributed by atoms with E-state index in [4.69, 9.17) is 11.6 Å². The lowest BCUT2D eigenvalue weighted by atomic mass is 10.1. The molecule has 0 aliphatic heterocycles. The van der Waals surface area contributed by atoms with E-state index in [0.29, 0.717) is 18.1 Å². The number of rotatable bonds is 8. The van der Waals surface area contributed by atoms with Gasteiger partial charge >= 0.3 is 0 Å². The molecule has 0 fully saturated rings. The Balaban J connectivity index is 1.83. The fourth-order valence-corrected chi connectivity index (χ4v) is 2.82. The molecule has 0 heterocycles. The number of halogens is 1. The molecule has 2 aromatic carbocycles. The van der Waals surface area contributed by atoms with Gasteiger partial charge in [-0.1, -0.05) is 23.7 Å². The summed E-state index contributed by atoms with van der Waals surface area (Å²) in [6.07, 6.45) is 1.00. The summed E-state index contributed by atoms with van der Waals surface area (Å²) >= 11 is 5.86. The van der Waals surface area contributed by atoms with Crippen molar-refractivity contribution in [2.24, 2.45) is 0 Å². The van der Waals surface area contributed by atoms with E-state index in [-0.39, 0.29) is 18.2 Å². The van der Waals surface area contributed by atoms with Crippen LogP contribution in [0.15, 0.2) is 48.5 Å². The van der Waals surface area contributed by atoms with Gasteiger partial charge in [0.15, 0.2) is 0 Å². The highest BCUT2D eigenvalue weighted by Crippen LogP contribution is 2.20. The molecule has 0 saturated carbocycles. The molecule has 5 nitrogen and oxygen atoms in total. The minimum absolute atomic E-state index is 0.0693. The van der Waals surface area contributed by atoms with Crippen LogP contribution < -0.4 is 15.1 Å². The zero-order valence-electron chi connectivity index (χ0n) is 16.0. The van der Waals surface area contributed by atoms with Crippen molar-refractivity contribution in [1.29, 1.82) is 0 Å². The molecular formula is C21H26ClN3O2. The molecule has 0 radical (unpaired) electrons. The maximum atomic E-state index is 12.1. The van der Waals surface area contributed by atoms with Gasteiger partial charge in [-0.05, 0) is 48.4 Å². The van der Waals surface area contributed by atoms with E-state index in [0.717, 1.165) is 23.4 Å². The standard InChI is InChI=1S/C21H26ClN3O2/c1-16(26)25(20-10-8-19(9-11-20)24(2)3)15-13-21(27)23-14-12-17-4-6-18(22)7-5-17/h4-11H,12-15H2,1-3H3,(H,23,27). The van der Waals surface area contributed by atoms with Crippen LogP contribution in [0.5, 0.6) is 0 Å². The summed E-state index contributed by atoms with van der Waals surface area (Å²) in [6, 6.07) is 15.3. The first kappa shape index (κ1) is 20.8. The zero-order valence-corrected chi connectivity index (χ0v) is 16.8. The van der Waals surface area contributed by atoms with E-state index in [1.54, 1.807) is 4.90 Å². The molecule has 144 valence electrons. The third-order valence-electron chi connectivity index (χ3n) is 4.27. The Morgan fingerprint density at radius 2 is 1.56 bits per heavy atom. The Morgan fingerprint density at radius 1 is 0.963 bits per heavy atom. The van der Waals surface area contributed by atoms with Crippen molar-refractivity contribution >= 4 is 34.8 Å². The van der Waals surface area contributed by atoms with Gasteiger partial charge in [0, 0.05) is 56.9 Å². The van der Waals surface area contributed by atoms with Crippen LogP contribution >= 0.6 is 11.6 Å². The lowest BCUT2D eigenvalue weighted by Crippen LogP contribution is -2.34. The number of benzene rings is 2. The van der Waals surface area contributed by atoms with E-state index in [2.05, 4.69) is 5.32 Å². The molecule has 1 N–H and O–H groups in total. The molecule has 0 aliphatic rings. The smallest absolute Gasteiger partial charge is 0.223 e. The number of hydrogen-bond donors (Lipinski definition) is 1. The van der Waals surface area contributed by atoms with Crippen molar-refractivity contribution in [1.82, 2.24) is 5.32 Å². The molecule has 2 rings (SSSR count). The van der Waals surface area contributed by atoms with Crippen molar-refractivity contribution in [2.75, 3.05) is 37.0 Å². The Hall–Kier alpha value is -2.53. The predicted molar refractivity (Wildman–Crippen MR) is 112 cm³/mol. The molecule has 0 saturated heterocycles. The zero-order chi connectivity index (χ0) is 19.8. The van der Waals surface area contributed by atoms with Gasteiger partial charge in [0.25, 0.3) is 0 Å². The molecule has 0 bridgehead atoms. The fraction of sp³-hybridized carbons (Fsp3) is 0.333. The maximum absolute atomic E-state index is 12.1. The SMILES string of the molecule is CC(=O)N(CCC(=O)NCCc1ccc(Cl)cc1)c1ccc(N(C)C)cc1. The molecular weight excluding hydrogens is 362 g/mol. The first-order valence-corrected chi connectivity index (χ1v) is 9.31. The molecule has 2 amide bonds. The van der Waals surface area contributed by atoms with Crippen LogP contribution in [-0.2, 0) is 16.0 Å². The van der Waals surface area contributed by atoms with Crippen LogP contribution in [0.4, 0.5) is 11.4 Å². The van der Waals surface area contributed by atoms with Crippen molar-refractivity contribution in [3.8, 4) is 0 Å². The van der Waals surface area contributed by atoms with Gasteiger partial charge in [-0.2, -0.15) is 0 Å². The van der Waals surface area contributed by atoms with Gasteiger partial charge in [0.2, 0.25) is 11.8 Å². The molecule has 0 aromatic heterocycles. The second kappa shape index (κ2) is 9.97. The average Bonchev–Trinajstić information content (AvgIpc) is 2.63.